The number of ether oxygens (including phenoxy) is 1. The summed E-state index contributed by atoms with van der Waals surface area (Å²) >= 11 is 0. The second-order valence-electron chi connectivity index (χ2n) is 7.64. The zero-order valence-electron chi connectivity index (χ0n) is 17.4. The van der Waals surface area contributed by atoms with E-state index in [2.05, 4.69) is 0 Å². The molecule has 5 nitrogen and oxygen atoms in total. The highest BCUT2D eigenvalue weighted by atomic mass is 16.5. The number of carbonyl (C=O) groups is 2. The molecule has 2 amide bonds. The molecule has 0 N–H and O–H groups in total. The van der Waals surface area contributed by atoms with Crippen LogP contribution in [0.15, 0.2) is 48.5 Å². The van der Waals surface area contributed by atoms with Gasteiger partial charge in [0.05, 0.1) is 0 Å². The third-order valence-electron chi connectivity index (χ3n) is 5.51. The Morgan fingerprint density at radius 3 is 2.24 bits per heavy atom. The van der Waals surface area contributed by atoms with E-state index in [1.807, 2.05) is 72.2 Å². The van der Waals surface area contributed by atoms with E-state index in [0.717, 1.165) is 18.4 Å². The summed E-state index contributed by atoms with van der Waals surface area (Å²) in [5.41, 5.74) is 3.53. The minimum Gasteiger partial charge on any atom is -0.484 e. The summed E-state index contributed by atoms with van der Waals surface area (Å²) in [4.78, 5) is 28.8. The second kappa shape index (κ2) is 10.1. The molecule has 0 bridgehead atoms. The van der Waals surface area contributed by atoms with Gasteiger partial charge in [-0.15, -0.1) is 0 Å². The Hall–Kier alpha value is -2.82. The summed E-state index contributed by atoms with van der Waals surface area (Å²) in [5.74, 6) is 0.852. The summed E-state index contributed by atoms with van der Waals surface area (Å²) < 4.78 is 5.69. The van der Waals surface area contributed by atoms with Gasteiger partial charge in [-0.1, -0.05) is 36.4 Å². The van der Waals surface area contributed by atoms with Crippen molar-refractivity contribution in [2.45, 2.75) is 33.1 Å². The molecule has 0 atom stereocenters. The van der Waals surface area contributed by atoms with Gasteiger partial charge in [-0.05, 0) is 55.5 Å². The number of carbonyl (C=O) groups excluding carboxylic acids is 2. The first-order valence-corrected chi connectivity index (χ1v) is 10.3. The number of hydrogen-bond acceptors (Lipinski definition) is 3. The summed E-state index contributed by atoms with van der Waals surface area (Å²) in [7, 11) is 0. The largest absolute Gasteiger partial charge is 0.484 e. The van der Waals surface area contributed by atoms with E-state index in [1.54, 1.807) is 0 Å². The molecule has 29 heavy (non-hydrogen) atoms. The molecule has 0 aromatic heterocycles. The monoisotopic (exact) mass is 394 g/mol. The lowest BCUT2D eigenvalue weighted by Gasteiger charge is -2.22. The summed E-state index contributed by atoms with van der Waals surface area (Å²) in [5, 5.41) is 0. The van der Waals surface area contributed by atoms with Gasteiger partial charge in [-0.3, -0.25) is 9.59 Å². The zero-order chi connectivity index (χ0) is 20.6. The maximum Gasteiger partial charge on any atom is 0.260 e. The van der Waals surface area contributed by atoms with Crippen molar-refractivity contribution in [2.75, 3.05) is 32.8 Å². The minimum atomic E-state index is -0.0261. The van der Waals surface area contributed by atoms with Crippen molar-refractivity contribution in [3.05, 3.63) is 65.2 Å². The van der Waals surface area contributed by atoms with Crippen LogP contribution in [0.2, 0.25) is 0 Å². The number of aryl methyl sites for hydroxylation is 3. The Bertz CT molecular complexity index is 835. The van der Waals surface area contributed by atoms with E-state index in [4.69, 9.17) is 4.74 Å². The molecule has 1 aliphatic heterocycles. The molecular weight excluding hydrogens is 364 g/mol. The Labute approximate surface area is 173 Å². The van der Waals surface area contributed by atoms with Gasteiger partial charge < -0.3 is 14.5 Å². The summed E-state index contributed by atoms with van der Waals surface area (Å²) in [6.07, 6.45) is 2.06. The number of nitrogens with zero attached hydrogens (tertiary/aromatic N) is 2. The van der Waals surface area contributed by atoms with E-state index < -0.39 is 0 Å². The van der Waals surface area contributed by atoms with Crippen LogP contribution in [-0.2, 0) is 16.0 Å². The fraction of sp³-hybridized carbons (Fsp3) is 0.417. The predicted octanol–water partition coefficient (Wildman–Crippen LogP) is 3.38. The molecule has 5 heteroatoms. The molecule has 0 spiro atoms. The van der Waals surface area contributed by atoms with Crippen LogP contribution in [0.25, 0.3) is 0 Å². The number of benzene rings is 2. The lowest BCUT2D eigenvalue weighted by molar-refractivity contribution is -0.134. The van der Waals surface area contributed by atoms with Crippen LogP contribution in [0.3, 0.4) is 0 Å². The topological polar surface area (TPSA) is 49.9 Å². The Balaban J connectivity index is 1.45. The number of amides is 2. The van der Waals surface area contributed by atoms with Gasteiger partial charge in [0.1, 0.15) is 5.75 Å². The second-order valence-corrected chi connectivity index (χ2v) is 7.64. The van der Waals surface area contributed by atoms with E-state index in [-0.39, 0.29) is 18.4 Å². The maximum atomic E-state index is 12.6. The van der Waals surface area contributed by atoms with Crippen molar-refractivity contribution >= 4 is 11.8 Å². The third kappa shape index (κ3) is 6.08. The van der Waals surface area contributed by atoms with Crippen molar-refractivity contribution in [2.24, 2.45) is 0 Å². The smallest absolute Gasteiger partial charge is 0.260 e. The highest BCUT2D eigenvalue weighted by Crippen LogP contribution is 2.16. The van der Waals surface area contributed by atoms with Gasteiger partial charge in [0, 0.05) is 32.6 Å². The average Bonchev–Trinajstić information content (AvgIpc) is 3.00. The fourth-order valence-corrected chi connectivity index (χ4v) is 3.51. The standard InChI is InChI=1S/C24H30N2O3/c1-19-9-11-22(17-20(19)2)29-18-24(28)26-14-6-13-25(15-16-26)23(27)12-10-21-7-4-3-5-8-21/h3-5,7-9,11,17H,6,10,12-16,18H2,1-2H3. The van der Waals surface area contributed by atoms with Crippen LogP contribution >= 0.6 is 0 Å². The molecule has 0 aliphatic carbocycles. The first kappa shape index (κ1) is 20.9. The molecule has 1 saturated heterocycles. The molecule has 0 unspecified atom stereocenters. The lowest BCUT2D eigenvalue weighted by atomic mass is 10.1. The van der Waals surface area contributed by atoms with Gasteiger partial charge in [-0.25, -0.2) is 0 Å². The van der Waals surface area contributed by atoms with Crippen LogP contribution < -0.4 is 4.74 Å². The molecule has 1 fully saturated rings. The zero-order valence-corrected chi connectivity index (χ0v) is 17.4. The quantitative estimate of drug-likeness (QED) is 0.755. The van der Waals surface area contributed by atoms with Crippen LogP contribution in [0.5, 0.6) is 5.75 Å². The molecule has 0 saturated carbocycles. The van der Waals surface area contributed by atoms with Gasteiger partial charge in [0.2, 0.25) is 5.91 Å². The van der Waals surface area contributed by atoms with Gasteiger partial charge in [0.25, 0.3) is 5.91 Å². The molecular formula is C24H30N2O3. The highest BCUT2D eigenvalue weighted by Gasteiger charge is 2.22. The minimum absolute atomic E-state index is 0.0261. The van der Waals surface area contributed by atoms with E-state index in [0.29, 0.717) is 38.3 Å². The van der Waals surface area contributed by atoms with E-state index in [9.17, 15) is 9.59 Å². The molecule has 154 valence electrons. The van der Waals surface area contributed by atoms with Crippen molar-refractivity contribution in [1.82, 2.24) is 9.80 Å². The first-order chi connectivity index (χ1) is 14.0. The molecule has 2 aromatic carbocycles. The van der Waals surface area contributed by atoms with Crippen molar-refractivity contribution in [1.29, 1.82) is 0 Å². The highest BCUT2D eigenvalue weighted by molar-refractivity contribution is 5.79. The van der Waals surface area contributed by atoms with Crippen LogP contribution in [0.1, 0.15) is 29.5 Å². The lowest BCUT2D eigenvalue weighted by Crippen LogP contribution is -2.39. The summed E-state index contributed by atoms with van der Waals surface area (Å²) in [6.45, 7) is 6.63. The van der Waals surface area contributed by atoms with Crippen LogP contribution in [0.4, 0.5) is 0 Å². The number of rotatable bonds is 6. The Morgan fingerprint density at radius 1 is 0.862 bits per heavy atom. The van der Waals surface area contributed by atoms with Gasteiger partial charge >= 0.3 is 0 Å². The van der Waals surface area contributed by atoms with Crippen molar-refractivity contribution < 1.29 is 14.3 Å². The third-order valence-corrected chi connectivity index (χ3v) is 5.51. The predicted molar refractivity (Wildman–Crippen MR) is 114 cm³/mol. The van der Waals surface area contributed by atoms with E-state index in [1.165, 1.54) is 11.1 Å². The first-order valence-electron chi connectivity index (χ1n) is 10.3. The van der Waals surface area contributed by atoms with Crippen molar-refractivity contribution in [3.63, 3.8) is 0 Å². The molecule has 0 radical (unpaired) electrons. The van der Waals surface area contributed by atoms with E-state index >= 15 is 0 Å². The molecule has 1 heterocycles. The van der Waals surface area contributed by atoms with Gasteiger partial charge in [0.15, 0.2) is 6.61 Å². The number of hydrogen-bond donors (Lipinski definition) is 0. The van der Waals surface area contributed by atoms with Crippen molar-refractivity contribution in [3.8, 4) is 5.75 Å². The fourth-order valence-electron chi connectivity index (χ4n) is 3.51. The normalized spacial score (nSPS) is 14.4. The average molecular weight is 395 g/mol. The maximum absolute atomic E-state index is 12.6. The van der Waals surface area contributed by atoms with Crippen LogP contribution in [0, 0.1) is 13.8 Å². The Morgan fingerprint density at radius 2 is 1.55 bits per heavy atom. The molecule has 3 rings (SSSR count). The molecule has 1 aliphatic rings. The Kier molecular flexibility index (Phi) is 7.28. The van der Waals surface area contributed by atoms with Gasteiger partial charge in [-0.2, -0.15) is 0 Å². The molecule has 2 aromatic rings. The summed E-state index contributed by atoms with van der Waals surface area (Å²) in [6, 6.07) is 15.9. The SMILES string of the molecule is Cc1ccc(OCC(=O)N2CCCN(C(=O)CCc3ccccc3)CC2)cc1C. The van der Waals surface area contributed by atoms with Crippen LogP contribution in [-0.4, -0.2) is 54.4 Å².